The first-order chi connectivity index (χ1) is 13.1. The van der Waals surface area contributed by atoms with Crippen LogP contribution in [-0.4, -0.2) is 42.1 Å². The van der Waals surface area contributed by atoms with Crippen LogP contribution in [0.5, 0.6) is 0 Å². The molecule has 5 nitrogen and oxygen atoms in total. The molecule has 2 amide bonds. The highest BCUT2D eigenvalue weighted by Gasteiger charge is 2.22. The molecule has 3 aromatic rings. The number of benzene rings is 2. The number of piperazine rings is 1. The predicted molar refractivity (Wildman–Crippen MR) is 111 cm³/mol. The summed E-state index contributed by atoms with van der Waals surface area (Å²) in [6.07, 6.45) is 1.81. The van der Waals surface area contributed by atoms with E-state index in [0.29, 0.717) is 18.1 Å². The lowest BCUT2D eigenvalue weighted by molar-refractivity contribution is 0.208. The monoisotopic (exact) mass is 380 g/mol. The van der Waals surface area contributed by atoms with Gasteiger partial charge in [-0.25, -0.2) is 4.79 Å². The molecule has 1 fully saturated rings. The third-order valence-corrected chi connectivity index (χ3v) is 5.09. The Morgan fingerprint density at radius 1 is 1.07 bits per heavy atom. The Bertz CT molecular complexity index is 983. The first kappa shape index (κ1) is 17.6. The predicted octanol–water partition coefficient (Wildman–Crippen LogP) is 4.55. The summed E-state index contributed by atoms with van der Waals surface area (Å²) in [6, 6.07) is 15.6. The molecule has 138 valence electrons. The van der Waals surface area contributed by atoms with E-state index in [0.717, 1.165) is 40.9 Å². The van der Waals surface area contributed by atoms with Crippen molar-refractivity contribution < 1.29 is 4.79 Å². The zero-order valence-electron chi connectivity index (χ0n) is 15.2. The summed E-state index contributed by atoms with van der Waals surface area (Å²) in [6.45, 7) is 4.93. The molecule has 1 aromatic heterocycles. The number of pyridine rings is 1. The number of carbonyl (C=O) groups excluding carboxylic acids is 1. The number of anilines is 2. The molecule has 1 aliphatic heterocycles. The van der Waals surface area contributed by atoms with Crippen molar-refractivity contribution in [3.05, 3.63) is 65.3 Å². The topological polar surface area (TPSA) is 48.5 Å². The highest BCUT2D eigenvalue weighted by molar-refractivity contribution is 6.31. The molecule has 0 atom stereocenters. The normalized spacial score (nSPS) is 14.4. The van der Waals surface area contributed by atoms with Crippen LogP contribution >= 0.6 is 11.6 Å². The van der Waals surface area contributed by atoms with E-state index >= 15 is 0 Å². The molecule has 0 radical (unpaired) electrons. The second-order valence-corrected chi connectivity index (χ2v) is 7.20. The summed E-state index contributed by atoms with van der Waals surface area (Å²) in [7, 11) is 0. The molecule has 1 aliphatic rings. The average Bonchev–Trinajstić information content (AvgIpc) is 2.67. The third kappa shape index (κ3) is 3.83. The second-order valence-electron chi connectivity index (χ2n) is 6.77. The van der Waals surface area contributed by atoms with Gasteiger partial charge in [0.2, 0.25) is 0 Å². The van der Waals surface area contributed by atoms with Crippen LogP contribution in [0.3, 0.4) is 0 Å². The van der Waals surface area contributed by atoms with Crippen LogP contribution in [0.15, 0.2) is 54.7 Å². The van der Waals surface area contributed by atoms with Gasteiger partial charge in [-0.2, -0.15) is 0 Å². The number of aromatic nitrogens is 1. The Morgan fingerprint density at radius 2 is 1.89 bits per heavy atom. The van der Waals surface area contributed by atoms with Crippen LogP contribution in [0.4, 0.5) is 16.2 Å². The van der Waals surface area contributed by atoms with Gasteiger partial charge in [-0.3, -0.25) is 4.98 Å². The van der Waals surface area contributed by atoms with Gasteiger partial charge in [-0.1, -0.05) is 23.7 Å². The number of nitrogens with zero attached hydrogens (tertiary/aromatic N) is 3. The number of nitrogens with one attached hydrogen (secondary N) is 1. The fourth-order valence-electron chi connectivity index (χ4n) is 3.46. The molecule has 4 rings (SSSR count). The fraction of sp³-hybridized carbons (Fsp3) is 0.238. The van der Waals surface area contributed by atoms with Crippen LogP contribution in [0.2, 0.25) is 5.02 Å². The number of halogens is 1. The van der Waals surface area contributed by atoms with Gasteiger partial charge in [0.15, 0.2) is 0 Å². The molecular formula is C21H21ClN4O. The van der Waals surface area contributed by atoms with Gasteiger partial charge < -0.3 is 15.1 Å². The van der Waals surface area contributed by atoms with E-state index in [4.69, 9.17) is 11.6 Å². The molecule has 27 heavy (non-hydrogen) atoms. The molecule has 1 saturated heterocycles. The summed E-state index contributed by atoms with van der Waals surface area (Å²) in [5.74, 6) is 0. The van der Waals surface area contributed by atoms with Crippen LogP contribution in [-0.2, 0) is 0 Å². The minimum Gasteiger partial charge on any atom is -0.367 e. The molecule has 2 heterocycles. The van der Waals surface area contributed by atoms with Crippen molar-refractivity contribution in [1.29, 1.82) is 0 Å². The Kier molecular flexibility index (Phi) is 4.86. The molecule has 6 heteroatoms. The Morgan fingerprint density at radius 3 is 2.67 bits per heavy atom. The number of rotatable bonds is 2. The highest BCUT2D eigenvalue weighted by atomic mass is 35.5. The van der Waals surface area contributed by atoms with Gasteiger partial charge in [0.1, 0.15) is 0 Å². The quantitative estimate of drug-likeness (QED) is 0.709. The Hall–Kier alpha value is -2.79. The molecule has 0 spiro atoms. The van der Waals surface area contributed by atoms with E-state index in [1.807, 2.05) is 66.6 Å². The van der Waals surface area contributed by atoms with Crippen LogP contribution < -0.4 is 10.2 Å². The van der Waals surface area contributed by atoms with Crippen LogP contribution in [0.1, 0.15) is 5.56 Å². The first-order valence-electron chi connectivity index (χ1n) is 9.02. The van der Waals surface area contributed by atoms with E-state index < -0.39 is 0 Å². The van der Waals surface area contributed by atoms with Crippen molar-refractivity contribution in [1.82, 2.24) is 9.88 Å². The minimum absolute atomic E-state index is 0.0494. The summed E-state index contributed by atoms with van der Waals surface area (Å²) in [4.78, 5) is 21.1. The Labute approximate surface area is 163 Å². The highest BCUT2D eigenvalue weighted by Crippen LogP contribution is 2.28. The van der Waals surface area contributed by atoms with Crippen LogP contribution in [0.25, 0.3) is 10.9 Å². The van der Waals surface area contributed by atoms with Gasteiger partial charge in [0.05, 0.1) is 5.52 Å². The summed E-state index contributed by atoms with van der Waals surface area (Å²) in [5.41, 5.74) is 3.98. The molecule has 0 bridgehead atoms. The standard InChI is InChI=1S/C21H21ClN4O/c1-15-3-2-4-17(13-15)24-21(27)26-11-9-25(10-12-26)20-7-8-23-19-14-16(22)5-6-18(19)20/h2-8,13-14H,9-12H2,1H3,(H,24,27). The molecule has 0 unspecified atom stereocenters. The van der Waals surface area contributed by atoms with Crippen LogP contribution in [0, 0.1) is 6.92 Å². The van der Waals surface area contributed by atoms with E-state index in [1.54, 1.807) is 0 Å². The lowest BCUT2D eigenvalue weighted by Crippen LogP contribution is -2.50. The lowest BCUT2D eigenvalue weighted by atomic mass is 10.1. The number of hydrogen-bond donors (Lipinski definition) is 1. The van der Waals surface area contributed by atoms with E-state index in [1.165, 1.54) is 0 Å². The first-order valence-corrected chi connectivity index (χ1v) is 9.40. The summed E-state index contributed by atoms with van der Waals surface area (Å²) in [5, 5.41) is 4.75. The number of hydrogen-bond acceptors (Lipinski definition) is 3. The van der Waals surface area contributed by atoms with Gasteiger partial charge >= 0.3 is 6.03 Å². The van der Waals surface area contributed by atoms with Crippen molar-refractivity contribution in [3.8, 4) is 0 Å². The van der Waals surface area contributed by atoms with E-state index in [-0.39, 0.29) is 6.03 Å². The summed E-state index contributed by atoms with van der Waals surface area (Å²) < 4.78 is 0. The second kappa shape index (κ2) is 7.45. The van der Waals surface area contributed by atoms with E-state index in [2.05, 4.69) is 15.2 Å². The zero-order chi connectivity index (χ0) is 18.8. The Balaban J connectivity index is 1.44. The fourth-order valence-corrected chi connectivity index (χ4v) is 3.62. The van der Waals surface area contributed by atoms with E-state index in [9.17, 15) is 4.79 Å². The molecule has 1 N–H and O–H groups in total. The maximum atomic E-state index is 12.5. The molecule has 0 saturated carbocycles. The number of fused-ring (bicyclic) bond motifs is 1. The van der Waals surface area contributed by atoms with Gasteiger partial charge in [0, 0.05) is 54.2 Å². The average molecular weight is 381 g/mol. The smallest absolute Gasteiger partial charge is 0.321 e. The minimum atomic E-state index is -0.0494. The number of carbonyl (C=O) groups is 1. The molecule has 2 aromatic carbocycles. The molecular weight excluding hydrogens is 360 g/mol. The van der Waals surface area contributed by atoms with Gasteiger partial charge in [0.25, 0.3) is 0 Å². The molecule has 0 aliphatic carbocycles. The van der Waals surface area contributed by atoms with Crippen molar-refractivity contribution in [3.63, 3.8) is 0 Å². The van der Waals surface area contributed by atoms with Crippen molar-refractivity contribution in [2.45, 2.75) is 6.92 Å². The largest absolute Gasteiger partial charge is 0.367 e. The maximum absolute atomic E-state index is 12.5. The number of aryl methyl sites for hydroxylation is 1. The number of amides is 2. The van der Waals surface area contributed by atoms with Gasteiger partial charge in [-0.05, 0) is 48.9 Å². The lowest BCUT2D eigenvalue weighted by Gasteiger charge is -2.36. The maximum Gasteiger partial charge on any atom is 0.321 e. The zero-order valence-corrected chi connectivity index (χ0v) is 15.9. The van der Waals surface area contributed by atoms with Gasteiger partial charge in [-0.15, -0.1) is 0 Å². The van der Waals surface area contributed by atoms with Crippen molar-refractivity contribution >= 4 is 39.9 Å². The van der Waals surface area contributed by atoms with Crippen molar-refractivity contribution in [2.75, 3.05) is 36.4 Å². The SMILES string of the molecule is Cc1cccc(NC(=O)N2CCN(c3ccnc4cc(Cl)ccc34)CC2)c1. The third-order valence-electron chi connectivity index (χ3n) is 4.86. The van der Waals surface area contributed by atoms with Crippen molar-refractivity contribution in [2.24, 2.45) is 0 Å². The summed E-state index contributed by atoms with van der Waals surface area (Å²) >= 11 is 6.08. The number of urea groups is 1.